The number of benzene rings is 1. The van der Waals surface area contributed by atoms with Gasteiger partial charge in [0.25, 0.3) is 0 Å². The highest BCUT2D eigenvalue weighted by atomic mass is 16.5. The van der Waals surface area contributed by atoms with E-state index in [0.29, 0.717) is 23.3 Å². The molecule has 4 heteroatoms. The molecule has 0 aromatic heterocycles. The molecule has 0 fully saturated rings. The third-order valence-corrected chi connectivity index (χ3v) is 2.98. The maximum atomic E-state index is 5.34. The molecule has 1 atom stereocenters. The second-order valence-electron chi connectivity index (χ2n) is 4.56. The van der Waals surface area contributed by atoms with E-state index in [-0.39, 0.29) is 0 Å². The van der Waals surface area contributed by atoms with Gasteiger partial charge in [0, 0.05) is 6.04 Å². The standard InChI is InChI=1S/C16H25NO3/c1-6-9-17-12(2)7-8-13-10-14(18-3)16(20-5)15(11-13)19-4/h7-8,10-12,17H,6,9H2,1-5H3/b8-7+. The normalized spacial score (nSPS) is 12.4. The Morgan fingerprint density at radius 2 is 1.70 bits per heavy atom. The number of rotatable bonds is 8. The van der Waals surface area contributed by atoms with Gasteiger partial charge in [0.15, 0.2) is 11.5 Å². The van der Waals surface area contributed by atoms with E-state index in [1.54, 1.807) is 21.3 Å². The SMILES string of the molecule is CCCNC(C)/C=C/c1cc(OC)c(OC)c(OC)c1. The number of hydrogen-bond acceptors (Lipinski definition) is 4. The van der Waals surface area contributed by atoms with Crippen LogP contribution in [0.2, 0.25) is 0 Å². The second-order valence-corrected chi connectivity index (χ2v) is 4.56. The molecule has 4 nitrogen and oxygen atoms in total. The van der Waals surface area contributed by atoms with Crippen LogP contribution in [0.4, 0.5) is 0 Å². The van der Waals surface area contributed by atoms with Gasteiger partial charge in [0.2, 0.25) is 5.75 Å². The summed E-state index contributed by atoms with van der Waals surface area (Å²) in [5.74, 6) is 1.95. The maximum Gasteiger partial charge on any atom is 0.203 e. The zero-order valence-electron chi connectivity index (χ0n) is 13.0. The molecular formula is C16H25NO3. The van der Waals surface area contributed by atoms with Gasteiger partial charge in [-0.05, 0) is 37.6 Å². The van der Waals surface area contributed by atoms with Crippen LogP contribution in [0, 0.1) is 0 Å². The lowest BCUT2D eigenvalue weighted by Gasteiger charge is -2.13. The van der Waals surface area contributed by atoms with Gasteiger partial charge in [-0.25, -0.2) is 0 Å². The highest BCUT2D eigenvalue weighted by Gasteiger charge is 2.11. The summed E-state index contributed by atoms with van der Waals surface area (Å²) in [6.07, 6.45) is 5.30. The summed E-state index contributed by atoms with van der Waals surface area (Å²) < 4.78 is 16.0. The third-order valence-electron chi connectivity index (χ3n) is 2.98. The fourth-order valence-electron chi connectivity index (χ4n) is 1.89. The fourth-order valence-corrected chi connectivity index (χ4v) is 1.89. The summed E-state index contributed by atoms with van der Waals surface area (Å²) in [6.45, 7) is 5.30. The van der Waals surface area contributed by atoms with Crippen LogP contribution in [-0.2, 0) is 0 Å². The zero-order chi connectivity index (χ0) is 15.0. The summed E-state index contributed by atoms with van der Waals surface area (Å²) in [5, 5.41) is 3.41. The largest absolute Gasteiger partial charge is 0.493 e. The van der Waals surface area contributed by atoms with Crippen LogP contribution in [0.15, 0.2) is 18.2 Å². The Morgan fingerprint density at radius 3 is 2.15 bits per heavy atom. The third kappa shape index (κ3) is 4.46. The molecule has 20 heavy (non-hydrogen) atoms. The fraction of sp³-hybridized carbons (Fsp3) is 0.500. The molecule has 0 aliphatic heterocycles. The minimum atomic E-state index is 0.328. The Bertz CT molecular complexity index is 418. The topological polar surface area (TPSA) is 39.7 Å². The van der Waals surface area contributed by atoms with E-state index in [0.717, 1.165) is 18.5 Å². The van der Waals surface area contributed by atoms with Crippen molar-refractivity contribution in [1.29, 1.82) is 0 Å². The van der Waals surface area contributed by atoms with Crippen LogP contribution in [0.1, 0.15) is 25.8 Å². The van der Waals surface area contributed by atoms with E-state index in [1.165, 1.54) is 0 Å². The van der Waals surface area contributed by atoms with Crippen LogP contribution in [0.3, 0.4) is 0 Å². The molecular weight excluding hydrogens is 254 g/mol. The minimum Gasteiger partial charge on any atom is -0.493 e. The number of nitrogens with one attached hydrogen (secondary N) is 1. The Labute approximate surface area is 121 Å². The number of methoxy groups -OCH3 is 3. The number of hydrogen-bond donors (Lipinski definition) is 1. The molecule has 0 saturated carbocycles. The van der Waals surface area contributed by atoms with Gasteiger partial charge in [-0.1, -0.05) is 19.1 Å². The maximum absolute atomic E-state index is 5.34. The van der Waals surface area contributed by atoms with Crippen molar-refractivity contribution in [2.24, 2.45) is 0 Å². The van der Waals surface area contributed by atoms with Gasteiger partial charge in [-0.3, -0.25) is 0 Å². The lowest BCUT2D eigenvalue weighted by molar-refractivity contribution is 0.324. The Kier molecular flexibility index (Phi) is 6.94. The Balaban J connectivity index is 2.93. The van der Waals surface area contributed by atoms with Crippen molar-refractivity contribution >= 4 is 6.08 Å². The van der Waals surface area contributed by atoms with E-state index in [9.17, 15) is 0 Å². The summed E-state index contributed by atoms with van der Waals surface area (Å²) in [7, 11) is 4.85. The predicted molar refractivity (Wildman–Crippen MR) is 82.9 cm³/mol. The molecule has 1 N–H and O–H groups in total. The molecule has 112 valence electrons. The number of ether oxygens (including phenoxy) is 3. The average Bonchev–Trinajstić information content (AvgIpc) is 2.49. The van der Waals surface area contributed by atoms with Crippen molar-refractivity contribution < 1.29 is 14.2 Å². The van der Waals surface area contributed by atoms with Crippen molar-refractivity contribution in [3.05, 3.63) is 23.8 Å². The first kappa shape index (κ1) is 16.4. The summed E-state index contributed by atoms with van der Waals surface area (Å²) in [4.78, 5) is 0. The molecule has 1 unspecified atom stereocenters. The second kappa shape index (κ2) is 8.48. The van der Waals surface area contributed by atoms with Crippen molar-refractivity contribution in [3.63, 3.8) is 0 Å². The van der Waals surface area contributed by atoms with Crippen molar-refractivity contribution in [2.45, 2.75) is 26.3 Å². The van der Waals surface area contributed by atoms with Gasteiger partial charge in [0.1, 0.15) is 0 Å². The zero-order valence-corrected chi connectivity index (χ0v) is 13.0. The monoisotopic (exact) mass is 279 g/mol. The summed E-state index contributed by atoms with van der Waals surface area (Å²) >= 11 is 0. The van der Waals surface area contributed by atoms with Crippen LogP contribution >= 0.6 is 0 Å². The lowest BCUT2D eigenvalue weighted by Crippen LogP contribution is -2.24. The average molecular weight is 279 g/mol. The van der Waals surface area contributed by atoms with Gasteiger partial charge in [0.05, 0.1) is 21.3 Å². The first-order chi connectivity index (χ1) is 9.65. The molecule has 1 aromatic carbocycles. The highest BCUT2D eigenvalue weighted by molar-refractivity contribution is 5.62. The van der Waals surface area contributed by atoms with Crippen LogP contribution in [0.25, 0.3) is 6.08 Å². The van der Waals surface area contributed by atoms with E-state index in [4.69, 9.17) is 14.2 Å². The predicted octanol–water partition coefficient (Wildman–Crippen LogP) is 3.11. The molecule has 1 aromatic rings. The minimum absolute atomic E-state index is 0.328. The Hall–Kier alpha value is -1.68. The summed E-state index contributed by atoms with van der Waals surface area (Å²) in [5.41, 5.74) is 1.02. The molecule has 0 amide bonds. The molecule has 0 saturated heterocycles. The first-order valence-electron chi connectivity index (χ1n) is 6.87. The molecule has 0 heterocycles. The quantitative estimate of drug-likeness (QED) is 0.793. The molecule has 0 bridgehead atoms. The highest BCUT2D eigenvalue weighted by Crippen LogP contribution is 2.38. The van der Waals surface area contributed by atoms with E-state index in [2.05, 4.69) is 31.3 Å². The summed E-state index contributed by atoms with van der Waals surface area (Å²) in [6, 6.07) is 4.20. The first-order valence-corrected chi connectivity index (χ1v) is 6.87. The van der Waals surface area contributed by atoms with Crippen molar-refractivity contribution in [2.75, 3.05) is 27.9 Å². The van der Waals surface area contributed by atoms with E-state index < -0.39 is 0 Å². The van der Waals surface area contributed by atoms with Gasteiger partial charge < -0.3 is 19.5 Å². The molecule has 0 radical (unpaired) electrons. The Morgan fingerprint density at radius 1 is 1.10 bits per heavy atom. The molecule has 0 aliphatic carbocycles. The van der Waals surface area contributed by atoms with Gasteiger partial charge >= 0.3 is 0 Å². The van der Waals surface area contributed by atoms with Crippen LogP contribution < -0.4 is 19.5 Å². The van der Waals surface area contributed by atoms with Gasteiger partial charge in [-0.2, -0.15) is 0 Å². The smallest absolute Gasteiger partial charge is 0.203 e. The van der Waals surface area contributed by atoms with Crippen LogP contribution in [-0.4, -0.2) is 33.9 Å². The van der Waals surface area contributed by atoms with E-state index in [1.807, 2.05) is 12.1 Å². The van der Waals surface area contributed by atoms with Gasteiger partial charge in [-0.15, -0.1) is 0 Å². The lowest BCUT2D eigenvalue weighted by atomic mass is 10.1. The van der Waals surface area contributed by atoms with Crippen LogP contribution in [0.5, 0.6) is 17.2 Å². The molecule has 1 rings (SSSR count). The molecule has 0 spiro atoms. The molecule has 0 aliphatic rings. The van der Waals surface area contributed by atoms with Crippen molar-refractivity contribution in [3.8, 4) is 17.2 Å². The van der Waals surface area contributed by atoms with Crippen molar-refractivity contribution in [1.82, 2.24) is 5.32 Å². The van der Waals surface area contributed by atoms with E-state index >= 15 is 0 Å².